The molecule has 0 spiro atoms. The molecule has 0 bridgehead atoms. The number of aromatic nitrogens is 1. The maximum Gasteiger partial charge on any atom is 0.258 e. The highest BCUT2D eigenvalue weighted by Crippen LogP contribution is 2.22. The highest BCUT2D eigenvalue weighted by Gasteiger charge is 2.11. The Hall–Kier alpha value is -3.02. The number of rotatable bonds is 3. The van der Waals surface area contributed by atoms with Gasteiger partial charge in [0.05, 0.1) is 0 Å². The number of nitrogens with zero attached hydrogens (tertiary/aromatic N) is 1. The third-order valence-corrected chi connectivity index (χ3v) is 2.99. The first-order valence-electron chi connectivity index (χ1n) is 6.41. The van der Waals surface area contributed by atoms with Crippen molar-refractivity contribution in [1.82, 2.24) is 5.16 Å². The molecule has 1 aromatic heterocycles. The Bertz CT molecular complexity index is 796. The molecular weight excluding hydrogens is 290 g/mol. The normalized spacial score (nSPS) is 10.5. The zero-order valence-electron chi connectivity index (χ0n) is 11.2. The topological polar surface area (TPSA) is 55.1 Å². The van der Waals surface area contributed by atoms with Gasteiger partial charge < -0.3 is 4.52 Å². The Morgan fingerprint density at radius 1 is 0.955 bits per heavy atom. The van der Waals surface area contributed by atoms with Gasteiger partial charge in [0.2, 0.25) is 5.88 Å². The standard InChI is InChI=1S/C16H10F2N2O2/c17-12-5-1-10(2-6-12)14-9-15(22-20-14)19-16(21)11-3-7-13(18)8-4-11/h1-9H,(H,19,21). The number of carbonyl (C=O) groups excluding carboxylic acids is 1. The van der Waals surface area contributed by atoms with Gasteiger partial charge in [0, 0.05) is 17.2 Å². The van der Waals surface area contributed by atoms with Crippen molar-refractivity contribution in [3.8, 4) is 11.3 Å². The molecule has 110 valence electrons. The lowest BCUT2D eigenvalue weighted by Crippen LogP contribution is -2.11. The van der Waals surface area contributed by atoms with Crippen molar-refractivity contribution >= 4 is 11.8 Å². The molecule has 0 aliphatic rings. The third-order valence-electron chi connectivity index (χ3n) is 2.99. The summed E-state index contributed by atoms with van der Waals surface area (Å²) in [5.41, 5.74) is 1.42. The van der Waals surface area contributed by atoms with Crippen molar-refractivity contribution in [2.24, 2.45) is 0 Å². The summed E-state index contributed by atoms with van der Waals surface area (Å²) in [6.45, 7) is 0. The first-order chi connectivity index (χ1) is 10.6. The van der Waals surface area contributed by atoms with Crippen LogP contribution in [0.1, 0.15) is 10.4 Å². The second kappa shape index (κ2) is 5.77. The van der Waals surface area contributed by atoms with E-state index < -0.39 is 11.7 Å². The Morgan fingerprint density at radius 2 is 1.55 bits per heavy atom. The summed E-state index contributed by atoms with van der Waals surface area (Å²) in [6.07, 6.45) is 0. The highest BCUT2D eigenvalue weighted by atomic mass is 19.1. The van der Waals surface area contributed by atoms with Crippen LogP contribution >= 0.6 is 0 Å². The summed E-state index contributed by atoms with van der Waals surface area (Å²) < 4.78 is 30.7. The Labute approximate surface area is 124 Å². The van der Waals surface area contributed by atoms with E-state index >= 15 is 0 Å². The second-order valence-corrected chi connectivity index (χ2v) is 4.54. The first-order valence-corrected chi connectivity index (χ1v) is 6.41. The second-order valence-electron chi connectivity index (χ2n) is 4.54. The maximum atomic E-state index is 12.9. The van der Waals surface area contributed by atoms with Crippen molar-refractivity contribution in [1.29, 1.82) is 0 Å². The minimum atomic E-state index is -0.443. The van der Waals surface area contributed by atoms with Crippen LogP contribution in [0, 0.1) is 11.6 Å². The van der Waals surface area contributed by atoms with Gasteiger partial charge in [0.15, 0.2) is 0 Å². The Morgan fingerprint density at radius 3 is 2.18 bits per heavy atom. The summed E-state index contributed by atoms with van der Waals surface area (Å²) in [7, 11) is 0. The van der Waals surface area contributed by atoms with Crippen molar-refractivity contribution in [3.05, 3.63) is 71.8 Å². The lowest BCUT2D eigenvalue weighted by Gasteiger charge is -2.00. The molecule has 0 fully saturated rings. The molecule has 1 amide bonds. The van der Waals surface area contributed by atoms with Crippen LogP contribution in [0.5, 0.6) is 0 Å². The molecule has 2 aromatic carbocycles. The third kappa shape index (κ3) is 3.01. The van der Waals surface area contributed by atoms with Gasteiger partial charge in [0.1, 0.15) is 17.3 Å². The van der Waals surface area contributed by atoms with E-state index in [1.807, 2.05) is 0 Å². The van der Waals surface area contributed by atoms with Crippen LogP contribution in [0.4, 0.5) is 14.7 Å². The molecular formula is C16H10F2N2O2. The zero-order valence-corrected chi connectivity index (χ0v) is 11.2. The number of carbonyl (C=O) groups is 1. The predicted octanol–water partition coefficient (Wildman–Crippen LogP) is 3.87. The first kappa shape index (κ1) is 13.9. The van der Waals surface area contributed by atoms with Gasteiger partial charge in [-0.25, -0.2) is 8.78 Å². The van der Waals surface area contributed by atoms with Crippen LogP contribution in [0.2, 0.25) is 0 Å². The van der Waals surface area contributed by atoms with Gasteiger partial charge in [-0.3, -0.25) is 10.1 Å². The molecule has 0 unspecified atom stereocenters. The van der Waals surface area contributed by atoms with E-state index in [4.69, 9.17) is 4.52 Å². The molecule has 0 aliphatic heterocycles. The van der Waals surface area contributed by atoms with E-state index in [-0.39, 0.29) is 11.7 Å². The molecule has 0 saturated carbocycles. The van der Waals surface area contributed by atoms with Gasteiger partial charge in [0.25, 0.3) is 5.91 Å². The lowest BCUT2D eigenvalue weighted by atomic mass is 10.1. The molecule has 0 atom stereocenters. The molecule has 0 radical (unpaired) electrons. The molecule has 3 rings (SSSR count). The summed E-state index contributed by atoms with van der Waals surface area (Å²) in [5.74, 6) is -1.07. The van der Waals surface area contributed by atoms with Gasteiger partial charge in [-0.05, 0) is 48.5 Å². The van der Waals surface area contributed by atoms with Crippen LogP contribution < -0.4 is 5.32 Å². The number of benzene rings is 2. The van der Waals surface area contributed by atoms with Crippen LogP contribution in [0.25, 0.3) is 11.3 Å². The van der Waals surface area contributed by atoms with E-state index in [1.54, 1.807) is 12.1 Å². The number of hydrogen-bond acceptors (Lipinski definition) is 3. The van der Waals surface area contributed by atoms with Gasteiger partial charge in [-0.2, -0.15) is 0 Å². The van der Waals surface area contributed by atoms with Crippen LogP contribution in [0.15, 0.2) is 59.1 Å². The van der Waals surface area contributed by atoms with Crippen LogP contribution in [-0.2, 0) is 0 Å². The van der Waals surface area contributed by atoms with E-state index in [9.17, 15) is 13.6 Å². The molecule has 6 heteroatoms. The fraction of sp³-hybridized carbons (Fsp3) is 0. The maximum absolute atomic E-state index is 12.9. The van der Waals surface area contributed by atoms with E-state index in [0.717, 1.165) is 0 Å². The van der Waals surface area contributed by atoms with Gasteiger partial charge in [-0.1, -0.05) is 5.16 Å². The number of hydrogen-bond donors (Lipinski definition) is 1. The Kier molecular flexibility index (Phi) is 3.65. The molecule has 0 aliphatic carbocycles. The lowest BCUT2D eigenvalue weighted by molar-refractivity contribution is 0.102. The summed E-state index contributed by atoms with van der Waals surface area (Å²) in [4.78, 5) is 11.9. The number of halogens is 2. The minimum absolute atomic E-state index is 0.147. The van der Waals surface area contributed by atoms with Crippen molar-refractivity contribution < 1.29 is 18.1 Å². The Balaban J connectivity index is 1.75. The largest absolute Gasteiger partial charge is 0.338 e. The predicted molar refractivity (Wildman–Crippen MR) is 76.3 cm³/mol. The average Bonchev–Trinajstić information content (AvgIpc) is 2.97. The molecule has 0 saturated heterocycles. The summed E-state index contributed by atoms with van der Waals surface area (Å²) in [6, 6.07) is 12.4. The van der Waals surface area contributed by atoms with Crippen molar-refractivity contribution in [3.63, 3.8) is 0 Å². The van der Waals surface area contributed by atoms with Crippen molar-refractivity contribution in [2.45, 2.75) is 0 Å². The molecule has 1 heterocycles. The van der Waals surface area contributed by atoms with E-state index in [0.29, 0.717) is 16.8 Å². The summed E-state index contributed by atoms with van der Waals surface area (Å²) >= 11 is 0. The molecule has 4 nitrogen and oxygen atoms in total. The zero-order chi connectivity index (χ0) is 15.5. The molecule has 3 aromatic rings. The number of amides is 1. The molecule has 22 heavy (non-hydrogen) atoms. The highest BCUT2D eigenvalue weighted by molar-refractivity contribution is 6.03. The SMILES string of the molecule is O=C(Nc1cc(-c2ccc(F)cc2)no1)c1ccc(F)cc1. The fourth-order valence-corrected chi connectivity index (χ4v) is 1.88. The molecule has 1 N–H and O–H groups in total. The monoisotopic (exact) mass is 300 g/mol. The van der Waals surface area contributed by atoms with Crippen LogP contribution in [0.3, 0.4) is 0 Å². The van der Waals surface area contributed by atoms with E-state index in [2.05, 4.69) is 10.5 Å². The average molecular weight is 300 g/mol. The minimum Gasteiger partial charge on any atom is -0.338 e. The summed E-state index contributed by atoms with van der Waals surface area (Å²) in [5, 5.41) is 6.32. The van der Waals surface area contributed by atoms with Gasteiger partial charge >= 0.3 is 0 Å². The van der Waals surface area contributed by atoms with Crippen LogP contribution in [-0.4, -0.2) is 11.1 Å². The number of anilines is 1. The van der Waals surface area contributed by atoms with E-state index in [1.165, 1.54) is 42.5 Å². The van der Waals surface area contributed by atoms with Crippen molar-refractivity contribution in [2.75, 3.05) is 5.32 Å². The van der Waals surface area contributed by atoms with Gasteiger partial charge in [-0.15, -0.1) is 0 Å². The smallest absolute Gasteiger partial charge is 0.258 e. The fourth-order valence-electron chi connectivity index (χ4n) is 1.88. The quantitative estimate of drug-likeness (QED) is 0.798. The number of nitrogens with one attached hydrogen (secondary N) is 1.